The van der Waals surface area contributed by atoms with Crippen molar-refractivity contribution in [2.75, 3.05) is 7.05 Å². The van der Waals surface area contributed by atoms with Gasteiger partial charge in [0.15, 0.2) is 0 Å². The van der Waals surface area contributed by atoms with Crippen LogP contribution in [0.15, 0.2) is 54.6 Å². The van der Waals surface area contributed by atoms with Gasteiger partial charge in [-0.1, -0.05) is 60.2 Å². The van der Waals surface area contributed by atoms with Crippen molar-refractivity contribution in [3.63, 3.8) is 0 Å². The molecule has 2 aromatic rings. The Morgan fingerprint density at radius 1 is 0.952 bits per heavy atom. The van der Waals surface area contributed by atoms with Crippen molar-refractivity contribution >= 4 is 5.91 Å². The summed E-state index contributed by atoms with van der Waals surface area (Å²) in [5.41, 5.74) is 3.53. The van der Waals surface area contributed by atoms with Crippen LogP contribution in [-0.4, -0.2) is 19.0 Å². The highest BCUT2D eigenvalue weighted by molar-refractivity contribution is 5.81. The first-order chi connectivity index (χ1) is 10.1. The summed E-state index contributed by atoms with van der Waals surface area (Å²) in [6.45, 7) is 3.95. The quantitative estimate of drug-likeness (QED) is 0.885. The molecule has 0 fully saturated rings. The second kappa shape index (κ2) is 7.04. The number of hydrogen-bond donors (Lipinski definition) is 2. The molecule has 0 aliphatic carbocycles. The SMILES string of the molecule is CNC(=O)[C@H](C)N[C@H](c1ccccc1)c1ccc(C)cc1. The highest BCUT2D eigenvalue weighted by atomic mass is 16.2. The number of carbonyl (C=O) groups is 1. The lowest BCUT2D eigenvalue weighted by atomic mass is 9.97. The van der Waals surface area contributed by atoms with Crippen LogP contribution in [0.4, 0.5) is 0 Å². The summed E-state index contributed by atoms with van der Waals surface area (Å²) in [5.74, 6) is -0.0111. The zero-order valence-corrected chi connectivity index (χ0v) is 12.8. The van der Waals surface area contributed by atoms with Gasteiger partial charge in [0.25, 0.3) is 0 Å². The lowest BCUT2D eigenvalue weighted by Gasteiger charge is -2.23. The standard InChI is InChI=1S/C18H22N2O/c1-13-9-11-16(12-10-13)17(15-7-5-4-6-8-15)20-14(2)18(21)19-3/h4-12,14,17,20H,1-3H3,(H,19,21)/t14-,17+/m0/s1. The molecule has 2 rings (SSSR count). The molecule has 0 spiro atoms. The van der Waals surface area contributed by atoms with Crippen molar-refractivity contribution in [3.8, 4) is 0 Å². The molecule has 0 aliphatic heterocycles. The first-order valence-electron chi connectivity index (χ1n) is 7.21. The minimum absolute atomic E-state index is 0.000833. The first-order valence-corrected chi connectivity index (χ1v) is 7.21. The summed E-state index contributed by atoms with van der Waals surface area (Å²) in [5, 5.41) is 6.09. The van der Waals surface area contributed by atoms with Crippen molar-refractivity contribution in [1.82, 2.24) is 10.6 Å². The fourth-order valence-electron chi connectivity index (χ4n) is 2.33. The Morgan fingerprint density at radius 2 is 1.52 bits per heavy atom. The van der Waals surface area contributed by atoms with Crippen molar-refractivity contribution in [1.29, 1.82) is 0 Å². The monoisotopic (exact) mass is 282 g/mol. The van der Waals surface area contributed by atoms with E-state index in [2.05, 4.69) is 54.0 Å². The Bertz CT molecular complexity index is 578. The van der Waals surface area contributed by atoms with Gasteiger partial charge in [-0.15, -0.1) is 0 Å². The zero-order chi connectivity index (χ0) is 15.2. The highest BCUT2D eigenvalue weighted by Crippen LogP contribution is 2.23. The molecule has 21 heavy (non-hydrogen) atoms. The van der Waals surface area contributed by atoms with E-state index in [9.17, 15) is 4.79 Å². The molecule has 0 unspecified atom stereocenters. The van der Waals surface area contributed by atoms with Gasteiger partial charge < -0.3 is 5.32 Å². The van der Waals surface area contributed by atoms with Gasteiger partial charge in [0.05, 0.1) is 12.1 Å². The molecule has 2 aromatic carbocycles. The fraction of sp³-hybridized carbons (Fsp3) is 0.278. The normalized spacial score (nSPS) is 13.5. The Morgan fingerprint density at radius 3 is 2.10 bits per heavy atom. The third-order valence-electron chi connectivity index (χ3n) is 3.60. The Hall–Kier alpha value is -2.13. The van der Waals surface area contributed by atoms with E-state index < -0.39 is 0 Å². The molecule has 0 radical (unpaired) electrons. The van der Waals surface area contributed by atoms with Crippen LogP contribution in [0.25, 0.3) is 0 Å². The number of rotatable bonds is 5. The van der Waals surface area contributed by atoms with Crippen LogP contribution in [0.5, 0.6) is 0 Å². The second-order valence-corrected chi connectivity index (χ2v) is 5.26. The van der Waals surface area contributed by atoms with E-state index >= 15 is 0 Å². The largest absolute Gasteiger partial charge is 0.358 e. The van der Waals surface area contributed by atoms with Gasteiger partial charge in [-0.3, -0.25) is 10.1 Å². The topological polar surface area (TPSA) is 41.1 Å². The molecule has 3 heteroatoms. The molecule has 110 valence electrons. The molecule has 0 heterocycles. The summed E-state index contributed by atoms with van der Waals surface area (Å²) >= 11 is 0. The maximum atomic E-state index is 11.8. The van der Waals surface area contributed by atoms with Crippen LogP contribution in [0, 0.1) is 6.92 Å². The van der Waals surface area contributed by atoms with E-state index in [1.54, 1.807) is 7.05 Å². The van der Waals surface area contributed by atoms with Gasteiger partial charge in [0.1, 0.15) is 0 Å². The molecule has 2 atom stereocenters. The lowest BCUT2D eigenvalue weighted by Crippen LogP contribution is -2.42. The van der Waals surface area contributed by atoms with Crippen LogP contribution >= 0.6 is 0 Å². The third-order valence-corrected chi connectivity index (χ3v) is 3.60. The van der Waals surface area contributed by atoms with Crippen LogP contribution in [0.1, 0.15) is 29.7 Å². The zero-order valence-electron chi connectivity index (χ0n) is 12.8. The van der Waals surface area contributed by atoms with Gasteiger partial charge in [-0.05, 0) is 25.0 Å². The molecule has 0 aliphatic rings. The summed E-state index contributed by atoms with van der Waals surface area (Å²) < 4.78 is 0. The Balaban J connectivity index is 2.31. The minimum atomic E-state index is -0.262. The van der Waals surface area contributed by atoms with Gasteiger partial charge in [0.2, 0.25) is 5.91 Å². The summed E-state index contributed by atoms with van der Waals surface area (Å²) in [6, 6.07) is 18.3. The van der Waals surface area contributed by atoms with Gasteiger partial charge in [-0.25, -0.2) is 0 Å². The molecular weight excluding hydrogens is 260 g/mol. The average molecular weight is 282 g/mol. The predicted octanol–water partition coefficient (Wildman–Crippen LogP) is 2.81. The molecule has 1 amide bonds. The van der Waals surface area contributed by atoms with E-state index in [-0.39, 0.29) is 18.0 Å². The van der Waals surface area contributed by atoms with Crippen molar-refractivity contribution in [2.24, 2.45) is 0 Å². The first kappa shape index (κ1) is 15.3. The second-order valence-electron chi connectivity index (χ2n) is 5.26. The summed E-state index contributed by atoms with van der Waals surface area (Å²) in [6.07, 6.45) is 0. The number of benzene rings is 2. The maximum absolute atomic E-state index is 11.8. The highest BCUT2D eigenvalue weighted by Gasteiger charge is 2.19. The van der Waals surface area contributed by atoms with E-state index in [1.165, 1.54) is 5.56 Å². The van der Waals surface area contributed by atoms with Crippen LogP contribution in [-0.2, 0) is 4.79 Å². The smallest absolute Gasteiger partial charge is 0.236 e. The lowest BCUT2D eigenvalue weighted by molar-refractivity contribution is -0.122. The molecule has 0 saturated carbocycles. The van der Waals surface area contributed by atoms with Crippen molar-refractivity contribution in [2.45, 2.75) is 25.9 Å². The molecule has 0 bridgehead atoms. The number of nitrogens with one attached hydrogen (secondary N) is 2. The van der Waals surface area contributed by atoms with E-state index in [4.69, 9.17) is 0 Å². The van der Waals surface area contributed by atoms with E-state index in [1.807, 2.05) is 25.1 Å². The van der Waals surface area contributed by atoms with E-state index in [0.29, 0.717) is 0 Å². The number of aryl methyl sites for hydroxylation is 1. The number of likely N-dealkylation sites (N-methyl/N-ethyl adjacent to an activating group) is 1. The van der Waals surface area contributed by atoms with E-state index in [0.717, 1.165) is 11.1 Å². The predicted molar refractivity (Wildman–Crippen MR) is 86.1 cm³/mol. The Kier molecular flexibility index (Phi) is 5.12. The van der Waals surface area contributed by atoms with Gasteiger partial charge in [-0.2, -0.15) is 0 Å². The number of hydrogen-bond acceptors (Lipinski definition) is 2. The maximum Gasteiger partial charge on any atom is 0.236 e. The van der Waals surface area contributed by atoms with Gasteiger partial charge in [0, 0.05) is 7.05 Å². The number of amides is 1. The van der Waals surface area contributed by atoms with Crippen LogP contribution in [0.2, 0.25) is 0 Å². The summed E-state index contributed by atoms with van der Waals surface area (Å²) in [7, 11) is 1.66. The minimum Gasteiger partial charge on any atom is -0.358 e. The van der Waals surface area contributed by atoms with Crippen LogP contribution < -0.4 is 10.6 Å². The molecule has 3 nitrogen and oxygen atoms in total. The number of carbonyl (C=O) groups excluding carboxylic acids is 1. The third kappa shape index (κ3) is 3.92. The average Bonchev–Trinajstić information content (AvgIpc) is 2.53. The molecule has 0 aromatic heterocycles. The summed E-state index contributed by atoms with van der Waals surface area (Å²) in [4.78, 5) is 11.8. The van der Waals surface area contributed by atoms with Crippen LogP contribution in [0.3, 0.4) is 0 Å². The van der Waals surface area contributed by atoms with Gasteiger partial charge >= 0.3 is 0 Å². The fourth-order valence-corrected chi connectivity index (χ4v) is 2.33. The Labute approximate surface area is 126 Å². The van der Waals surface area contributed by atoms with Crippen molar-refractivity contribution < 1.29 is 4.79 Å². The molecular formula is C18H22N2O. The molecule has 2 N–H and O–H groups in total. The van der Waals surface area contributed by atoms with Crippen molar-refractivity contribution in [3.05, 3.63) is 71.3 Å². The molecule has 0 saturated heterocycles.